The van der Waals surface area contributed by atoms with Crippen LogP contribution in [0.1, 0.15) is 28.9 Å². The third-order valence-electron chi connectivity index (χ3n) is 4.18. The average molecular weight is 298 g/mol. The molecule has 1 fully saturated rings. The van der Waals surface area contributed by atoms with Crippen molar-refractivity contribution >= 4 is 5.91 Å². The number of benzene rings is 1. The smallest absolute Gasteiger partial charge is 0.269 e. The Morgan fingerprint density at radius 3 is 2.73 bits per heavy atom. The first-order valence-electron chi connectivity index (χ1n) is 7.84. The van der Waals surface area contributed by atoms with Crippen LogP contribution in [-0.4, -0.2) is 35.7 Å². The molecule has 1 aromatic carbocycles. The van der Waals surface area contributed by atoms with Gasteiger partial charge in [0, 0.05) is 12.1 Å². The molecule has 2 heterocycles. The molecule has 3 rings (SSSR count). The Morgan fingerprint density at radius 2 is 2.00 bits per heavy atom. The Balaban J connectivity index is 1.60. The Kier molecular flexibility index (Phi) is 4.53. The first-order chi connectivity index (χ1) is 10.7. The highest BCUT2D eigenvalue weighted by Crippen LogP contribution is 2.18. The maximum absolute atomic E-state index is 12.2. The lowest BCUT2D eigenvalue weighted by Crippen LogP contribution is -2.36. The van der Waals surface area contributed by atoms with Gasteiger partial charge in [0.1, 0.15) is 5.69 Å². The van der Waals surface area contributed by atoms with Crippen molar-refractivity contribution in [3.63, 3.8) is 0 Å². The second-order valence-corrected chi connectivity index (χ2v) is 5.94. The molecule has 0 radical (unpaired) electrons. The zero-order chi connectivity index (χ0) is 15.4. The molecule has 1 aromatic heterocycles. The highest BCUT2D eigenvalue weighted by Gasteiger charge is 2.16. The third-order valence-corrected chi connectivity index (χ3v) is 4.18. The molecule has 1 amide bonds. The lowest BCUT2D eigenvalue weighted by atomic mass is 9.98. The van der Waals surface area contributed by atoms with Crippen LogP contribution in [0.4, 0.5) is 0 Å². The van der Waals surface area contributed by atoms with Gasteiger partial charge in [-0.2, -0.15) is 5.10 Å². The van der Waals surface area contributed by atoms with E-state index >= 15 is 0 Å². The number of nitrogens with one attached hydrogen (secondary N) is 3. The highest BCUT2D eigenvalue weighted by molar-refractivity contribution is 5.93. The fraction of sp³-hybridized carbons (Fsp3) is 0.412. The normalized spacial score (nSPS) is 15.7. The minimum Gasteiger partial charge on any atom is -0.350 e. The van der Waals surface area contributed by atoms with Gasteiger partial charge in [0.2, 0.25) is 0 Å². The van der Waals surface area contributed by atoms with E-state index in [1.807, 2.05) is 37.3 Å². The number of rotatable bonds is 4. The van der Waals surface area contributed by atoms with Gasteiger partial charge in [-0.3, -0.25) is 9.89 Å². The van der Waals surface area contributed by atoms with Crippen molar-refractivity contribution < 1.29 is 4.79 Å². The van der Waals surface area contributed by atoms with Crippen LogP contribution in [0.15, 0.2) is 30.3 Å². The summed E-state index contributed by atoms with van der Waals surface area (Å²) in [4.78, 5) is 12.2. The molecule has 0 aliphatic carbocycles. The predicted octanol–water partition coefficient (Wildman–Crippen LogP) is 2.11. The molecule has 0 saturated carbocycles. The van der Waals surface area contributed by atoms with Crippen LogP contribution >= 0.6 is 0 Å². The molecular formula is C17H22N4O. The number of aryl methyl sites for hydroxylation is 1. The summed E-state index contributed by atoms with van der Waals surface area (Å²) in [5, 5.41) is 13.4. The van der Waals surface area contributed by atoms with E-state index in [9.17, 15) is 4.79 Å². The number of aromatic amines is 1. The van der Waals surface area contributed by atoms with Gasteiger partial charge in [0.25, 0.3) is 5.91 Å². The number of carbonyl (C=O) groups is 1. The van der Waals surface area contributed by atoms with E-state index < -0.39 is 0 Å². The topological polar surface area (TPSA) is 69.8 Å². The molecule has 3 N–H and O–H groups in total. The maximum atomic E-state index is 12.2. The zero-order valence-electron chi connectivity index (χ0n) is 12.9. The SMILES string of the molecule is Cc1ccc(-c2cc(C(=O)NCC3CCNCC3)[nH]n2)cc1. The van der Waals surface area contributed by atoms with Crippen LogP contribution < -0.4 is 10.6 Å². The van der Waals surface area contributed by atoms with E-state index in [0.717, 1.165) is 43.7 Å². The Labute approximate surface area is 130 Å². The third kappa shape index (κ3) is 3.54. The van der Waals surface area contributed by atoms with Crippen molar-refractivity contribution in [3.05, 3.63) is 41.6 Å². The molecule has 2 aromatic rings. The molecule has 116 valence electrons. The number of carbonyl (C=O) groups excluding carboxylic acids is 1. The van der Waals surface area contributed by atoms with Crippen LogP contribution in [-0.2, 0) is 0 Å². The minimum atomic E-state index is -0.0793. The van der Waals surface area contributed by atoms with Crippen LogP contribution in [0.5, 0.6) is 0 Å². The van der Waals surface area contributed by atoms with Gasteiger partial charge in [-0.25, -0.2) is 0 Å². The number of nitrogens with zero attached hydrogens (tertiary/aromatic N) is 1. The quantitative estimate of drug-likeness (QED) is 0.809. The van der Waals surface area contributed by atoms with E-state index in [-0.39, 0.29) is 5.91 Å². The second kappa shape index (κ2) is 6.75. The summed E-state index contributed by atoms with van der Waals surface area (Å²) in [6.07, 6.45) is 2.25. The lowest BCUT2D eigenvalue weighted by Gasteiger charge is -2.22. The number of hydrogen-bond donors (Lipinski definition) is 3. The summed E-state index contributed by atoms with van der Waals surface area (Å²) < 4.78 is 0. The van der Waals surface area contributed by atoms with Gasteiger partial charge in [0.05, 0.1) is 5.69 Å². The summed E-state index contributed by atoms with van der Waals surface area (Å²) >= 11 is 0. The summed E-state index contributed by atoms with van der Waals surface area (Å²) in [5.41, 5.74) is 3.54. The molecule has 0 bridgehead atoms. The fourth-order valence-corrected chi connectivity index (χ4v) is 2.73. The minimum absolute atomic E-state index is 0.0793. The Hall–Kier alpha value is -2.14. The van der Waals surface area contributed by atoms with E-state index in [2.05, 4.69) is 20.8 Å². The van der Waals surface area contributed by atoms with Gasteiger partial charge in [0.15, 0.2) is 0 Å². The first-order valence-corrected chi connectivity index (χ1v) is 7.84. The van der Waals surface area contributed by atoms with Crippen LogP contribution in [0, 0.1) is 12.8 Å². The van der Waals surface area contributed by atoms with Gasteiger partial charge >= 0.3 is 0 Å². The molecule has 1 aliphatic heterocycles. The van der Waals surface area contributed by atoms with Crippen LogP contribution in [0.3, 0.4) is 0 Å². The highest BCUT2D eigenvalue weighted by atomic mass is 16.1. The molecule has 0 spiro atoms. The number of aromatic nitrogens is 2. The molecule has 5 heteroatoms. The summed E-state index contributed by atoms with van der Waals surface area (Å²) in [7, 11) is 0. The lowest BCUT2D eigenvalue weighted by molar-refractivity contribution is 0.0939. The van der Waals surface area contributed by atoms with Crippen molar-refractivity contribution in [1.29, 1.82) is 0 Å². The molecular weight excluding hydrogens is 276 g/mol. The summed E-state index contributed by atoms with van der Waals surface area (Å²) in [6.45, 7) is 4.87. The molecule has 0 atom stereocenters. The summed E-state index contributed by atoms with van der Waals surface area (Å²) in [6, 6.07) is 9.93. The van der Waals surface area contributed by atoms with Crippen molar-refractivity contribution in [3.8, 4) is 11.3 Å². The number of hydrogen-bond acceptors (Lipinski definition) is 3. The number of amides is 1. The standard InChI is InChI=1S/C17H22N4O/c1-12-2-4-14(5-3-12)15-10-16(21-20-15)17(22)19-11-13-6-8-18-9-7-13/h2-5,10,13,18H,6-9,11H2,1H3,(H,19,22)(H,20,21). The maximum Gasteiger partial charge on any atom is 0.269 e. The van der Waals surface area contributed by atoms with E-state index in [1.54, 1.807) is 0 Å². The zero-order valence-corrected chi connectivity index (χ0v) is 12.9. The predicted molar refractivity (Wildman–Crippen MR) is 86.7 cm³/mol. The second-order valence-electron chi connectivity index (χ2n) is 5.94. The van der Waals surface area contributed by atoms with Gasteiger partial charge < -0.3 is 10.6 Å². The number of H-pyrrole nitrogens is 1. The van der Waals surface area contributed by atoms with Crippen LogP contribution in [0.2, 0.25) is 0 Å². The average Bonchev–Trinajstić information content (AvgIpc) is 3.04. The molecule has 5 nitrogen and oxygen atoms in total. The number of piperidine rings is 1. The molecule has 22 heavy (non-hydrogen) atoms. The van der Waals surface area contributed by atoms with Gasteiger partial charge in [-0.05, 0) is 44.8 Å². The van der Waals surface area contributed by atoms with Crippen molar-refractivity contribution in [1.82, 2.24) is 20.8 Å². The molecule has 1 aliphatic rings. The summed E-state index contributed by atoms with van der Waals surface area (Å²) in [5.74, 6) is 0.495. The van der Waals surface area contributed by atoms with E-state index in [1.165, 1.54) is 5.56 Å². The van der Waals surface area contributed by atoms with Crippen molar-refractivity contribution in [2.45, 2.75) is 19.8 Å². The monoisotopic (exact) mass is 298 g/mol. The van der Waals surface area contributed by atoms with E-state index in [4.69, 9.17) is 0 Å². The Bertz CT molecular complexity index is 626. The largest absolute Gasteiger partial charge is 0.350 e. The van der Waals surface area contributed by atoms with E-state index in [0.29, 0.717) is 11.6 Å². The van der Waals surface area contributed by atoms with Gasteiger partial charge in [-0.15, -0.1) is 0 Å². The first kappa shape index (κ1) is 14.8. The molecule has 1 saturated heterocycles. The van der Waals surface area contributed by atoms with Gasteiger partial charge in [-0.1, -0.05) is 29.8 Å². The molecule has 0 unspecified atom stereocenters. The van der Waals surface area contributed by atoms with Crippen molar-refractivity contribution in [2.24, 2.45) is 5.92 Å². The van der Waals surface area contributed by atoms with Crippen molar-refractivity contribution in [2.75, 3.05) is 19.6 Å². The fourth-order valence-electron chi connectivity index (χ4n) is 2.73. The Morgan fingerprint density at radius 1 is 1.27 bits per heavy atom. The van der Waals surface area contributed by atoms with Crippen LogP contribution in [0.25, 0.3) is 11.3 Å².